The molecule has 2 unspecified atom stereocenters. The lowest BCUT2D eigenvalue weighted by molar-refractivity contribution is -0.137. The van der Waals surface area contributed by atoms with E-state index in [1.807, 2.05) is 6.92 Å². The number of rotatable bonds is 8. The summed E-state index contributed by atoms with van der Waals surface area (Å²) in [6, 6.07) is -0.545. The van der Waals surface area contributed by atoms with Crippen molar-refractivity contribution in [1.29, 1.82) is 0 Å². The Hall–Kier alpha value is -1.59. The van der Waals surface area contributed by atoms with E-state index >= 15 is 0 Å². The van der Waals surface area contributed by atoms with Crippen molar-refractivity contribution in [2.75, 3.05) is 6.54 Å². The van der Waals surface area contributed by atoms with Crippen LogP contribution in [-0.2, 0) is 14.4 Å². The standard InChI is InChI=1S/C12H22N2O4/c1-8(4-5-11(16)17)6-7-13-12(18)9(2)14-10(3)15/h8-9H,4-7H2,1-3H3,(H,13,18)(H,14,15)(H,16,17). The van der Waals surface area contributed by atoms with E-state index in [1.54, 1.807) is 6.92 Å². The van der Waals surface area contributed by atoms with Crippen LogP contribution in [0.25, 0.3) is 0 Å². The zero-order valence-electron chi connectivity index (χ0n) is 11.2. The van der Waals surface area contributed by atoms with Gasteiger partial charge >= 0.3 is 5.97 Å². The number of aliphatic carboxylic acids is 1. The molecule has 3 N–H and O–H groups in total. The van der Waals surface area contributed by atoms with Crippen molar-refractivity contribution in [2.45, 2.75) is 46.1 Å². The Morgan fingerprint density at radius 2 is 1.78 bits per heavy atom. The summed E-state index contributed by atoms with van der Waals surface area (Å²) in [7, 11) is 0. The molecule has 0 aromatic carbocycles. The van der Waals surface area contributed by atoms with Crippen LogP contribution in [0, 0.1) is 5.92 Å². The first-order valence-electron chi connectivity index (χ1n) is 6.09. The van der Waals surface area contributed by atoms with Gasteiger partial charge in [0.25, 0.3) is 0 Å². The fraction of sp³-hybridized carbons (Fsp3) is 0.750. The molecule has 0 aliphatic rings. The lowest BCUT2D eigenvalue weighted by Gasteiger charge is -2.14. The highest BCUT2D eigenvalue weighted by Crippen LogP contribution is 2.09. The third-order valence-electron chi connectivity index (χ3n) is 2.60. The highest BCUT2D eigenvalue weighted by molar-refractivity contribution is 5.86. The summed E-state index contributed by atoms with van der Waals surface area (Å²) in [5.41, 5.74) is 0. The van der Waals surface area contributed by atoms with Crippen molar-refractivity contribution >= 4 is 17.8 Å². The van der Waals surface area contributed by atoms with Gasteiger partial charge in [0.15, 0.2) is 0 Å². The molecule has 2 atom stereocenters. The molecule has 0 spiro atoms. The number of carbonyl (C=O) groups excluding carboxylic acids is 2. The zero-order chi connectivity index (χ0) is 14.1. The van der Waals surface area contributed by atoms with Gasteiger partial charge in [-0.3, -0.25) is 14.4 Å². The number of amides is 2. The minimum Gasteiger partial charge on any atom is -0.481 e. The van der Waals surface area contributed by atoms with Crippen LogP contribution in [0.1, 0.15) is 40.0 Å². The van der Waals surface area contributed by atoms with Gasteiger partial charge in [0.05, 0.1) is 0 Å². The van der Waals surface area contributed by atoms with Crippen molar-refractivity contribution in [3.63, 3.8) is 0 Å². The Morgan fingerprint density at radius 1 is 1.17 bits per heavy atom. The van der Waals surface area contributed by atoms with E-state index in [0.717, 1.165) is 6.42 Å². The van der Waals surface area contributed by atoms with Gasteiger partial charge in [-0.05, 0) is 25.7 Å². The van der Waals surface area contributed by atoms with Gasteiger partial charge < -0.3 is 15.7 Å². The first-order valence-corrected chi connectivity index (χ1v) is 6.09. The quantitative estimate of drug-likeness (QED) is 0.591. The van der Waals surface area contributed by atoms with Crippen molar-refractivity contribution in [1.82, 2.24) is 10.6 Å². The van der Waals surface area contributed by atoms with E-state index in [9.17, 15) is 14.4 Å². The van der Waals surface area contributed by atoms with Gasteiger partial charge in [-0.15, -0.1) is 0 Å². The van der Waals surface area contributed by atoms with E-state index in [1.165, 1.54) is 6.92 Å². The number of carboxylic acids is 1. The lowest BCUT2D eigenvalue weighted by atomic mass is 10.0. The molecule has 0 bridgehead atoms. The fourth-order valence-corrected chi connectivity index (χ4v) is 1.48. The molecule has 0 saturated carbocycles. The predicted octanol–water partition coefficient (Wildman–Crippen LogP) is 0.518. The third kappa shape index (κ3) is 8.55. The van der Waals surface area contributed by atoms with Crippen molar-refractivity contribution in [3.8, 4) is 0 Å². The molecule has 0 radical (unpaired) electrons. The lowest BCUT2D eigenvalue weighted by Crippen LogP contribution is -2.44. The molecule has 6 nitrogen and oxygen atoms in total. The zero-order valence-corrected chi connectivity index (χ0v) is 11.2. The van der Waals surface area contributed by atoms with Gasteiger partial charge in [0, 0.05) is 19.9 Å². The van der Waals surface area contributed by atoms with Crippen molar-refractivity contribution in [2.24, 2.45) is 5.92 Å². The molecule has 6 heteroatoms. The average Bonchev–Trinajstić information content (AvgIpc) is 2.25. The normalized spacial score (nSPS) is 13.5. The summed E-state index contributed by atoms with van der Waals surface area (Å²) in [5.74, 6) is -1.02. The smallest absolute Gasteiger partial charge is 0.303 e. The number of hydrogen-bond acceptors (Lipinski definition) is 3. The summed E-state index contributed by atoms with van der Waals surface area (Å²) in [6.45, 7) is 5.41. The second-order valence-electron chi connectivity index (χ2n) is 4.54. The van der Waals surface area contributed by atoms with Gasteiger partial charge in [-0.2, -0.15) is 0 Å². The maximum atomic E-state index is 11.5. The summed E-state index contributed by atoms with van der Waals surface area (Å²) in [6.07, 6.45) is 1.48. The first-order chi connectivity index (χ1) is 8.32. The number of carbonyl (C=O) groups is 3. The first kappa shape index (κ1) is 16.4. The van der Waals surface area contributed by atoms with Crippen LogP contribution >= 0.6 is 0 Å². The second kappa shape index (κ2) is 8.49. The monoisotopic (exact) mass is 258 g/mol. The summed E-state index contributed by atoms with van der Waals surface area (Å²) >= 11 is 0. The minimum absolute atomic E-state index is 0.150. The van der Waals surface area contributed by atoms with Crippen LogP contribution in [0.2, 0.25) is 0 Å². The van der Waals surface area contributed by atoms with Crippen LogP contribution in [0.3, 0.4) is 0 Å². The van der Waals surface area contributed by atoms with Gasteiger partial charge in [-0.25, -0.2) is 0 Å². The van der Waals surface area contributed by atoms with E-state index in [-0.39, 0.29) is 24.2 Å². The molecular formula is C12H22N2O4. The maximum Gasteiger partial charge on any atom is 0.303 e. The molecule has 0 aromatic rings. The van der Waals surface area contributed by atoms with E-state index in [4.69, 9.17) is 5.11 Å². The molecule has 0 aliphatic carbocycles. The van der Waals surface area contributed by atoms with Gasteiger partial charge in [0.2, 0.25) is 11.8 Å². The van der Waals surface area contributed by atoms with Crippen molar-refractivity contribution in [3.05, 3.63) is 0 Å². The Morgan fingerprint density at radius 3 is 2.28 bits per heavy atom. The highest BCUT2D eigenvalue weighted by atomic mass is 16.4. The average molecular weight is 258 g/mol. The Balaban J connectivity index is 3.73. The van der Waals surface area contributed by atoms with Crippen LogP contribution in [-0.4, -0.2) is 35.5 Å². The highest BCUT2D eigenvalue weighted by Gasteiger charge is 2.13. The second-order valence-corrected chi connectivity index (χ2v) is 4.54. The summed E-state index contributed by atoms with van der Waals surface area (Å²) < 4.78 is 0. The van der Waals surface area contributed by atoms with Crippen LogP contribution in [0.5, 0.6) is 0 Å². The van der Waals surface area contributed by atoms with Crippen LogP contribution < -0.4 is 10.6 Å². The minimum atomic E-state index is -0.801. The van der Waals surface area contributed by atoms with E-state index < -0.39 is 12.0 Å². The summed E-state index contributed by atoms with van der Waals surface area (Å²) in [5, 5.41) is 13.7. The van der Waals surface area contributed by atoms with Crippen LogP contribution in [0.4, 0.5) is 0 Å². The van der Waals surface area contributed by atoms with Gasteiger partial charge in [-0.1, -0.05) is 6.92 Å². The molecule has 18 heavy (non-hydrogen) atoms. The topological polar surface area (TPSA) is 95.5 Å². The summed E-state index contributed by atoms with van der Waals surface area (Å²) in [4.78, 5) is 32.6. The van der Waals surface area contributed by atoms with E-state index in [0.29, 0.717) is 13.0 Å². The molecule has 0 saturated heterocycles. The molecule has 0 aromatic heterocycles. The Bertz CT molecular complexity index is 304. The molecule has 0 rings (SSSR count). The van der Waals surface area contributed by atoms with Gasteiger partial charge in [0.1, 0.15) is 6.04 Å². The molecule has 0 aliphatic heterocycles. The number of nitrogens with one attached hydrogen (secondary N) is 2. The molecule has 2 amide bonds. The predicted molar refractivity (Wildman–Crippen MR) is 66.9 cm³/mol. The number of hydrogen-bond donors (Lipinski definition) is 3. The third-order valence-corrected chi connectivity index (χ3v) is 2.60. The largest absolute Gasteiger partial charge is 0.481 e. The van der Waals surface area contributed by atoms with Crippen molar-refractivity contribution < 1.29 is 19.5 Å². The maximum absolute atomic E-state index is 11.5. The molecular weight excluding hydrogens is 236 g/mol. The fourth-order valence-electron chi connectivity index (χ4n) is 1.48. The SMILES string of the molecule is CC(=O)NC(C)C(=O)NCCC(C)CCC(=O)O. The Kier molecular flexibility index (Phi) is 7.74. The Labute approximate surface area is 107 Å². The molecule has 0 heterocycles. The van der Waals surface area contributed by atoms with E-state index in [2.05, 4.69) is 10.6 Å². The number of carboxylic acid groups (broad SMARTS) is 1. The molecule has 0 fully saturated rings. The molecule has 104 valence electrons. The van der Waals surface area contributed by atoms with Crippen LogP contribution in [0.15, 0.2) is 0 Å².